The number of carbonyl (C=O) groups is 1. The molecule has 1 amide bonds. The topological polar surface area (TPSA) is 41.1 Å². The first-order valence-corrected chi connectivity index (χ1v) is 9.29. The van der Waals surface area contributed by atoms with Gasteiger partial charge in [-0.2, -0.15) is 0 Å². The summed E-state index contributed by atoms with van der Waals surface area (Å²) < 4.78 is 13.4. The quantitative estimate of drug-likeness (QED) is 0.778. The number of hydrogen-bond acceptors (Lipinski definition) is 2. The maximum Gasteiger partial charge on any atom is 0.253 e. The van der Waals surface area contributed by atoms with Crippen molar-refractivity contribution in [1.29, 1.82) is 0 Å². The Kier molecular flexibility index (Phi) is 4.49. The van der Waals surface area contributed by atoms with Crippen molar-refractivity contribution < 1.29 is 9.18 Å². The molecule has 1 aliphatic carbocycles. The summed E-state index contributed by atoms with van der Waals surface area (Å²) in [6, 6.07) is 12.7. The predicted molar refractivity (Wildman–Crippen MR) is 102 cm³/mol. The molecule has 2 aliphatic rings. The van der Waals surface area contributed by atoms with Gasteiger partial charge in [-0.05, 0) is 48.1 Å². The number of hydrogen-bond donors (Lipinski definition) is 2. The lowest BCUT2D eigenvalue weighted by molar-refractivity contribution is 0.0954. The Bertz CT molecular complexity index is 844. The SMILES string of the molecule is CCCNC(=O)c1cccc2c1NC(c1ccc(F)cc1)C1CC=CC21. The van der Waals surface area contributed by atoms with E-state index >= 15 is 0 Å². The Labute approximate surface area is 153 Å². The van der Waals surface area contributed by atoms with Gasteiger partial charge in [0.2, 0.25) is 0 Å². The van der Waals surface area contributed by atoms with Crippen LogP contribution in [0.25, 0.3) is 0 Å². The average molecular weight is 350 g/mol. The normalized spacial score (nSPS) is 23.1. The van der Waals surface area contributed by atoms with Gasteiger partial charge in [0, 0.05) is 12.5 Å². The third kappa shape index (κ3) is 2.90. The molecule has 2 aromatic carbocycles. The lowest BCUT2D eigenvalue weighted by Gasteiger charge is -2.38. The predicted octanol–water partition coefficient (Wildman–Crippen LogP) is 4.79. The molecular formula is C22H23FN2O. The minimum atomic E-state index is -0.231. The monoisotopic (exact) mass is 350 g/mol. The van der Waals surface area contributed by atoms with E-state index in [1.165, 1.54) is 17.7 Å². The summed E-state index contributed by atoms with van der Waals surface area (Å²) in [6.45, 7) is 2.70. The van der Waals surface area contributed by atoms with Crippen molar-refractivity contribution in [3.05, 3.63) is 77.1 Å². The van der Waals surface area contributed by atoms with Crippen LogP contribution in [0.1, 0.15) is 53.2 Å². The number of carbonyl (C=O) groups excluding carboxylic acids is 1. The molecule has 3 atom stereocenters. The van der Waals surface area contributed by atoms with E-state index in [0.29, 0.717) is 18.0 Å². The first kappa shape index (κ1) is 16.8. The van der Waals surface area contributed by atoms with Gasteiger partial charge in [-0.3, -0.25) is 4.79 Å². The Morgan fingerprint density at radius 1 is 1.23 bits per heavy atom. The first-order valence-electron chi connectivity index (χ1n) is 9.29. The van der Waals surface area contributed by atoms with Crippen LogP contribution in [0.5, 0.6) is 0 Å². The highest BCUT2D eigenvalue weighted by Gasteiger charge is 2.39. The summed E-state index contributed by atoms with van der Waals surface area (Å²) in [6.07, 6.45) is 6.34. The van der Waals surface area contributed by atoms with Crippen LogP contribution in [-0.2, 0) is 0 Å². The molecule has 0 fully saturated rings. The van der Waals surface area contributed by atoms with Crippen LogP contribution < -0.4 is 10.6 Å². The van der Waals surface area contributed by atoms with Crippen molar-refractivity contribution in [2.75, 3.05) is 11.9 Å². The molecular weight excluding hydrogens is 327 g/mol. The summed E-state index contributed by atoms with van der Waals surface area (Å²) in [5, 5.41) is 6.58. The third-order valence-electron chi connectivity index (χ3n) is 5.41. The van der Waals surface area contributed by atoms with Gasteiger partial charge in [0.15, 0.2) is 0 Å². The molecule has 4 heteroatoms. The largest absolute Gasteiger partial charge is 0.377 e. The van der Waals surface area contributed by atoms with E-state index in [1.54, 1.807) is 0 Å². The molecule has 26 heavy (non-hydrogen) atoms. The molecule has 1 heterocycles. The molecule has 2 aromatic rings. The summed E-state index contributed by atoms with van der Waals surface area (Å²) in [7, 11) is 0. The zero-order valence-electron chi connectivity index (χ0n) is 14.8. The van der Waals surface area contributed by atoms with Gasteiger partial charge in [0.25, 0.3) is 5.91 Å². The van der Waals surface area contributed by atoms with E-state index in [9.17, 15) is 9.18 Å². The smallest absolute Gasteiger partial charge is 0.253 e. The average Bonchev–Trinajstić information content (AvgIpc) is 3.16. The number of fused-ring (bicyclic) bond motifs is 3. The minimum absolute atomic E-state index is 0.0468. The second-order valence-corrected chi connectivity index (χ2v) is 7.05. The van der Waals surface area contributed by atoms with E-state index < -0.39 is 0 Å². The van der Waals surface area contributed by atoms with E-state index in [1.807, 2.05) is 31.2 Å². The Balaban J connectivity index is 1.74. The zero-order chi connectivity index (χ0) is 18.1. The molecule has 1 aliphatic heterocycles. The lowest BCUT2D eigenvalue weighted by atomic mass is 9.76. The number of amides is 1. The number of allylic oxidation sites excluding steroid dienone is 2. The van der Waals surface area contributed by atoms with Gasteiger partial charge >= 0.3 is 0 Å². The molecule has 2 N–H and O–H groups in total. The van der Waals surface area contributed by atoms with Gasteiger partial charge in [0.1, 0.15) is 5.82 Å². The molecule has 134 valence electrons. The van der Waals surface area contributed by atoms with Crippen molar-refractivity contribution in [1.82, 2.24) is 5.32 Å². The second-order valence-electron chi connectivity index (χ2n) is 7.05. The Morgan fingerprint density at radius 3 is 2.81 bits per heavy atom. The maximum absolute atomic E-state index is 13.4. The number of halogens is 1. The van der Waals surface area contributed by atoms with Gasteiger partial charge in [-0.25, -0.2) is 4.39 Å². The van der Waals surface area contributed by atoms with Crippen LogP contribution in [0.3, 0.4) is 0 Å². The van der Waals surface area contributed by atoms with Crippen LogP contribution in [0.4, 0.5) is 10.1 Å². The Morgan fingerprint density at radius 2 is 2.04 bits per heavy atom. The minimum Gasteiger partial charge on any atom is -0.377 e. The van der Waals surface area contributed by atoms with Crippen LogP contribution in [-0.4, -0.2) is 12.5 Å². The molecule has 3 unspecified atom stereocenters. The fourth-order valence-corrected chi connectivity index (χ4v) is 4.14. The molecule has 0 spiro atoms. The van der Waals surface area contributed by atoms with Crippen molar-refractivity contribution in [2.24, 2.45) is 5.92 Å². The fourth-order valence-electron chi connectivity index (χ4n) is 4.14. The van der Waals surface area contributed by atoms with Crippen LogP contribution in [0.2, 0.25) is 0 Å². The maximum atomic E-state index is 13.4. The Hall–Kier alpha value is -2.62. The number of anilines is 1. The van der Waals surface area contributed by atoms with E-state index in [-0.39, 0.29) is 23.7 Å². The number of nitrogens with one attached hydrogen (secondary N) is 2. The van der Waals surface area contributed by atoms with Crippen molar-refractivity contribution in [2.45, 2.75) is 31.7 Å². The molecule has 3 nitrogen and oxygen atoms in total. The number of benzene rings is 2. The van der Waals surface area contributed by atoms with Crippen molar-refractivity contribution in [3.8, 4) is 0 Å². The molecule has 0 bridgehead atoms. The molecule has 0 aromatic heterocycles. The molecule has 4 rings (SSSR count). The van der Waals surface area contributed by atoms with Gasteiger partial charge in [0.05, 0.1) is 17.3 Å². The van der Waals surface area contributed by atoms with E-state index in [4.69, 9.17) is 0 Å². The highest BCUT2D eigenvalue weighted by atomic mass is 19.1. The van der Waals surface area contributed by atoms with Crippen molar-refractivity contribution in [3.63, 3.8) is 0 Å². The first-order chi connectivity index (χ1) is 12.7. The van der Waals surface area contributed by atoms with E-state index in [0.717, 1.165) is 24.1 Å². The van der Waals surface area contributed by atoms with Gasteiger partial charge in [-0.1, -0.05) is 43.3 Å². The van der Waals surface area contributed by atoms with Gasteiger partial charge in [-0.15, -0.1) is 0 Å². The second kappa shape index (κ2) is 6.94. The molecule has 0 radical (unpaired) electrons. The highest BCUT2D eigenvalue weighted by Crippen LogP contribution is 2.50. The third-order valence-corrected chi connectivity index (χ3v) is 5.41. The van der Waals surface area contributed by atoms with Gasteiger partial charge < -0.3 is 10.6 Å². The number of para-hydroxylation sites is 1. The standard InChI is InChI=1S/C22H23FN2O/c1-2-13-24-22(26)19-8-4-7-18-16-5-3-6-17(16)20(25-21(18)19)14-9-11-15(23)12-10-14/h3-5,7-12,16-17,20,25H,2,6,13H2,1H3,(H,24,26). The van der Waals surface area contributed by atoms with Crippen molar-refractivity contribution >= 4 is 11.6 Å². The lowest BCUT2D eigenvalue weighted by Crippen LogP contribution is -2.32. The van der Waals surface area contributed by atoms with Crippen LogP contribution in [0, 0.1) is 11.7 Å². The van der Waals surface area contributed by atoms with Crippen LogP contribution >= 0.6 is 0 Å². The summed E-state index contributed by atoms with van der Waals surface area (Å²) in [5.74, 6) is 0.377. The van der Waals surface area contributed by atoms with Crippen LogP contribution in [0.15, 0.2) is 54.6 Å². The highest BCUT2D eigenvalue weighted by molar-refractivity contribution is 6.00. The zero-order valence-corrected chi connectivity index (χ0v) is 14.8. The summed E-state index contributed by atoms with van der Waals surface area (Å²) in [4.78, 5) is 12.6. The molecule has 0 saturated carbocycles. The number of rotatable bonds is 4. The fraction of sp³-hybridized carbons (Fsp3) is 0.318. The summed E-state index contributed by atoms with van der Waals surface area (Å²) in [5.41, 5.74) is 3.82. The summed E-state index contributed by atoms with van der Waals surface area (Å²) >= 11 is 0. The van der Waals surface area contributed by atoms with E-state index in [2.05, 4.69) is 28.9 Å². The molecule has 0 saturated heterocycles.